The lowest BCUT2D eigenvalue weighted by Gasteiger charge is -2.22. The molecule has 2 atom stereocenters. The van der Waals surface area contributed by atoms with E-state index < -0.39 is 35.0 Å². The maximum absolute atomic E-state index is 13.5. The van der Waals surface area contributed by atoms with Crippen molar-refractivity contribution in [2.45, 2.75) is 24.9 Å². The van der Waals surface area contributed by atoms with E-state index >= 15 is 0 Å². The number of rotatable bonds is 4. The molecule has 188 valence electrons. The van der Waals surface area contributed by atoms with Gasteiger partial charge in [0.2, 0.25) is 0 Å². The summed E-state index contributed by atoms with van der Waals surface area (Å²) in [6, 6.07) is 8.21. The van der Waals surface area contributed by atoms with Gasteiger partial charge < -0.3 is 10.0 Å². The van der Waals surface area contributed by atoms with Gasteiger partial charge in [0.25, 0.3) is 11.1 Å². The Bertz CT molecular complexity index is 1410. The number of aromatic nitrogens is 2. The highest BCUT2D eigenvalue weighted by Gasteiger charge is 2.45. The quantitative estimate of drug-likeness (QED) is 0.496. The molecule has 0 unspecified atom stereocenters. The third-order valence-corrected chi connectivity index (χ3v) is 7.38. The zero-order valence-electron chi connectivity index (χ0n) is 18.9. The van der Waals surface area contributed by atoms with Crippen molar-refractivity contribution in [3.05, 3.63) is 69.2 Å². The first-order valence-corrected chi connectivity index (χ1v) is 12.2. The molecule has 2 fully saturated rings. The molecule has 36 heavy (non-hydrogen) atoms. The van der Waals surface area contributed by atoms with E-state index in [9.17, 15) is 27.9 Å². The fourth-order valence-electron chi connectivity index (χ4n) is 4.56. The number of likely N-dealkylation sites (tertiary alicyclic amines) is 1. The first kappa shape index (κ1) is 24.8. The molecule has 2 saturated heterocycles. The number of halogens is 4. The van der Waals surface area contributed by atoms with Crippen LogP contribution in [0.2, 0.25) is 5.02 Å². The van der Waals surface area contributed by atoms with E-state index in [0.29, 0.717) is 29.6 Å². The molecule has 3 aromatic rings. The molecule has 0 spiro atoms. The van der Waals surface area contributed by atoms with E-state index in [-0.39, 0.29) is 22.0 Å². The van der Waals surface area contributed by atoms with Crippen LogP contribution in [0.1, 0.15) is 16.7 Å². The number of hydrogen-bond donors (Lipinski definition) is 1. The maximum atomic E-state index is 13.5. The number of amides is 2. The molecule has 2 amide bonds. The second-order valence-electron chi connectivity index (χ2n) is 8.83. The molecule has 3 heterocycles. The van der Waals surface area contributed by atoms with Gasteiger partial charge in [-0.05, 0) is 60.3 Å². The van der Waals surface area contributed by atoms with Gasteiger partial charge in [-0.25, -0.2) is 0 Å². The number of nitrogens with zero attached hydrogens (tertiary/aromatic N) is 4. The lowest BCUT2D eigenvalue weighted by atomic mass is 10.1. The van der Waals surface area contributed by atoms with Crippen LogP contribution in [0.5, 0.6) is 0 Å². The predicted octanol–water partition coefficient (Wildman–Crippen LogP) is 4.47. The SMILES string of the molecule is CN1C[C@@H](O)[C@H](N2C(=O)SC(=Cc3ccc4c(cnn4Cc4ccc(Cl)cc4C(F)(F)F)c3)C2=O)C1. The van der Waals surface area contributed by atoms with Gasteiger partial charge in [0.05, 0.1) is 40.9 Å². The average Bonchev–Trinajstić information content (AvgIpc) is 3.43. The number of aliphatic hydroxyl groups excluding tert-OH is 1. The number of likely N-dealkylation sites (N-methyl/N-ethyl adjacent to an activating group) is 1. The minimum Gasteiger partial charge on any atom is -0.390 e. The molecule has 2 aliphatic heterocycles. The smallest absolute Gasteiger partial charge is 0.390 e. The summed E-state index contributed by atoms with van der Waals surface area (Å²) in [5, 5.41) is 14.7. The molecule has 0 aliphatic carbocycles. The molecule has 2 aromatic carbocycles. The summed E-state index contributed by atoms with van der Waals surface area (Å²) >= 11 is 6.59. The minimum atomic E-state index is -4.55. The first-order valence-electron chi connectivity index (χ1n) is 11.0. The monoisotopic (exact) mass is 536 g/mol. The van der Waals surface area contributed by atoms with Crippen LogP contribution >= 0.6 is 23.4 Å². The van der Waals surface area contributed by atoms with Crippen LogP contribution in [-0.2, 0) is 17.5 Å². The van der Waals surface area contributed by atoms with E-state index in [1.807, 2.05) is 11.9 Å². The van der Waals surface area contributed by atoms with Crippen molar-refractivity contribution < 1.29 is 27.9 Å². The van der Waals surface area contributed by atoms with E-state index in [4.69, 9.17) is 11.6 Å². The summed E-state index contributed by atoms with van der Waals surface area (Å²) < 4.78 is 41.9. The van der Waals surface area contributed by atoms with Gasteiger partial charge in [-0.2, -0.15) is 18.3 Å². The normalized spacial score (nSPS) is 22.5. The highest BCUT2D eigenvalue weighted by molar-refractivity contribution is 8.18. The molecule has 1 aromatic heterocycles. The third kappa shape index (κ3) is 4.63. The Kier molecular flexibility index (Phi) is 6.36. The van der Waals surface area contributed by atoms with Gasteiger partial charge in [0, 0.05) is 23.5 Å². The van der Waals surface area contributed by atoms with Gasteiger partial charge >= 0.3 is 6.18 Å². The summed E-state index contributed by atoms with van der Waals surface area (Å²) in [4.78, 5) is 28.7. The fraction of sp³-hybridized carbons (Fsp3) is 0.292. The first-order chi connectivity index (χ1) is 17.0. The van der Waals surface area contributed by atoms with E-state index in [1.165, 1.54) is 23.0 Å². The topological polar surface area (TPSA) is 78.7 Å². The molecule has 1 N–H and O–H groups in total. The molecule has 7 nitrogen and oxygen atoms in total. The number of carbonyl (C=O) groups is 2. The number of benzene rings is 2. The van der Waals surface area contributed by atoms with Crippen molar-refractivity contribution in [2.75, 3.05) is 20.1 Å². The van der Waals surface area contributed by atoms with Gasteiger partial charge in [-0.15, -0.1) is 0 Å². The van der Waals surface area contributed by atoms with E-state index in [0.717, 1.165) is 22.7 Å². The third-order valence-electron chi connectivity index (χ3n) is 6.26. The molecular formula is C24H20ClF3N4O3S. The Morgan fingerprint density at radius 2 is 1.97 bits per heavy atom. The summed E-state index contributed by atoms with van der Waals surface area (Å²) in [6.45, 7) is 0.680. The Morgan fingerprint density at radius 3 is 2.67 bits per heavy atom. The van der Waals surface area contributed by atoms with Crippen molar-refractivity contribution in [3.63, 3.8) is 0 Å². The summed E-state index contributed by atoms with van der Waals surface area (Å²) in [6.07, 6.45) is -2.23. The van der Waals surface area contributed by atoms with Crippen molar-refractivity contribution >= 4 is 51.5 Å². The number of hydrogen-bond acceptors (Lipinski definition) is 6. The largest absolute Gasteiger partial charge is 0.416 e. The maximum Gasteiger partial charge on any atom is 0.416 e. The zero-order chi connectivity index (χ0) is 25.8. The summed E-state index contributed by atoms with van der Waals surface area (Å²) in [5.41, 5.74) is 0.471. The standard InChI is InChI=1S/C24H20ClF3N4O3S/c1-30-11-19(20(33)12-30)32-22(34)21(36-23(32)35)7-13-2-5-18-15(6-13)9-29-31(18)10-14-3-4-16(25)8-17(14)24(26,27)28/h2-9,19-20,33H,10-12H2,1H3/t19-,20-/m1/s1. The van der Waals surface area contributed by atoms with Crippen LogP contribution in [-0.4, -0.2) is 68.1 Å². The van der Waals surface area contributed by atoms with Crippen LogP contribution in [0.3, 0.4) is 0 Å². The Morgan fingerprint density at radius 1 is 1.19 bits per heavy atom. The number of β-amino-alcohol motifs (C(OH)–C–C–N with tert-alkyl or cyclic N) is 1. The van der Waals surface area contributed by atoms with Crippen molar-refractivity contribution in [2.24, 2.45) is 0 Å². The van der Waals surface area contributed by atoms with E-state index in [1.54, 1.807) is 24.3 Å². The van der Waals surface area contributed by atoms with Crippen LogP contribution in [0.4, 0.5) is 18.0 Å². The van der Waals surface area contributed by atoms with Crippen LogP contribution in [0.25, 0.3) is 17.0 Å². The Hall–Kier alpha value is -2.86. The second kappa shape index (κ2) is 9.22. The number of imide groups is 1. The molecule has 12 heteroatoms. The van der Waals surface area contributed by atoms with Crippen LogP contribution < -0.4 is 0 Å². The highest BCUT2D eigenvalue weighted by Crippen LogP contribution is 2.37. The average molecular weight is 537 g/mol. The summed E-state index contributed by atoms with van der Waals surface area (Å²) in [7, 11) is 1.81. The predicted molar refractivity (Wildman–Crippen MR) is 130 cm³/mol. The molecule has 0 radical (unpaired) electrons. The Labute approximate surface area is 213 Å². The lowest BCUT2D eigenvalue weighted by molar-refractivity contribution is -0.138. The van der Waals surface area contributed by atoms with Crippen molar-refractivity contribution in [1.29, 1.82) is 0 Å². The van der Waals surface area contributed by atoms with Gasteiger partial charge in [-0.3, -0.25) is 19.2 Å². The number of alkyl halides is 3. The van der Waals surface area contributed by atoms with Crippen LogP contribution in [0.15, 0.2) is 47.5 Å². The molecule has 0 bridgehead atoms. The number of fused-ring (bicyclic) bond motifs is 1. The van der Waals surface area contributed by atoms with Crippen molar-refractivity contribution in [1.82, 2.24) is 19.6 Å². The Balaban J connectivity index is 1.40. The molecule has 2 aliphatic rings. The number of thioether (sulfide) groups is 1. The zero-order valence-corrected chi connectivity index (χ0v) is 20.4. The fourth-order valence-corrected chi connectivity index (χ4v) is 5.62. The van der Waals surface area contributed by atoms with Crippen LogP contribution in [0, 0.1) is 0 Å². The molecule has 5 rings (SSSR count). The molecular weight excluding hydrogens is 517 g/mol. The number of carbonyl (C=O) groups excluding carboxylic acids is 2. The molecule has 0 saturated carbocycles. The second-order valence-corrected chi connectivity index (χ2v) is 10.3. The number of aliphatic hydroxyl groups is 1. The lowest BCUT2D eigenvalue weighted by Crippen LogP contribution is -2.45. The highest BCUT2D eigenvalue weighted by atomic mass is 35.5. The van der Waals surface area contributed by atoms with Gasteiger partial charge in [0.1, 0.15) is 0 Å². The minimum absolute atomic E-state index is 0.0000785. The van der Waals surface area contributed by atoms with E-state index in [2.05, 4.69) is 5.10 Å². The van der Waals surface area contributed by atoms with Gasteiger partial charge in [0.15, 0.2) is 0 Å². The van der Waals surface area contributed by atoms with Crippen molar-refractivity contribution in [3.8, 4) is 0 Å². The van der Waals surface area contributed by atoms with Gasteiger partial charge in [-0.1, -0.05) is 23.7 Å². The summed E-state index contributed by atoms with van der Waals surface area (Å²) in [5.74, 6) is -0.456.